The van der Waals surface area contributed by atoms with Crippen molar-refractivity contribution in [3.63, 3.8) is 0 Å². The van der Waals surface area contributed by atoms with Crippen molar-refractivity contribution in [2.24, 2.45) is 28.1 Å². The molecule has 1 N–H and O–H groups in total. The lowest BCUT2D eigenvalue weighted by Crippen LogP contribution is -2.56. The van der Waals surface area contributed by atoms with Gasteiger partial charge in [-0.05, 0) is 54.8 Å². The zero-order chi connectivity index (χ0) is 15.5. The first-order chi connectivity index (χ1) is 9.72. The van der Waals surface area contributed by atoms with Gasteiger partial charge in [-0.25, -0.2) is 0 Å². The first-order valence-electron chi connectivity index (χ1n) is 8.75. The number of hydrogen-bond acceptors (Lipinski definition) is 1. The van der Waals surface area contributed by atoms with Gasteiger partial charge in [0.05, 0.1) is 6.10 Å². The van der Waals surface area contributed by atoms with Gasteiger partial charge in [0.1, 0.15) is 0 Å². The van der Waals surface area contributed by atoms with Crippen molar-refractivity contribution in [3.05, 3.63) is 24.3 Å². The number of aliphatic hydroxyl groups is 1. The van der Waals surface area contributed by atoms with Crippen molar-refractivity contribution < 1.29 is 5.11 Å². The lowest BCUT2D eigenvalue weighted by Gasteiger charge is -2.61. The zero-order valence-corrected chi connectivity index (χ0v) is 14.3. The fourth-order valence-corrected chi connectivity index (χ4v) is 6.19. The number of allylic oxidation sites excluding steroid dienone is 2. The number of aliphatic hydroxyl groups excluding tert-OH is 1. The summed E-state index contributed by atoms with van der Waals surface area (Å²) in [5, 5.41) is 10.9. The van der Waals surface area contributed by atoms with Crippen LogP contribution in [0.4, 0.5) is 0 Å². The Hall–Kier alpha value is -0.560. The quantitative estimate of drug-likeness (QED) is 0.665. The van der Waals surface area contributed by atoms with Gasteiger partial charge in [0.2, 0.25) is 0 Å². The maximum atomic E-state index is 10.9. The van der Waals surface area contributed by atoms with E-state index in [0.717, 1.165) is 6.42 Å². The molecular formula is C20H32O. The highest BCUT2D eigenvalue weighted by atomic mass is 16.3. The Morgan fingerprint density at radius 1 is 1.19 bits per heavy atom. The fraction of sp³-hybridized carbons (Fsp3) is 0.800. The summed E-state index contributed by atoms with van der Waals surface area (Å²) in [5.41, 5.74) is 2.22. The molecule has 0 heterocycles. The molecule has 0 aromatic rings. The summed E-state index contributed by atoms with van der Waals surface area (Å²) in [5.74, 6) is 1.13. The Labute approximate surface area is 130 Å². The van der Waals surface area contributed by atoms with E-state index in [9.17, 15) is 5.11 Å². The second-order valence-electron chi connectivity index (χ2n) is 9.12. The van der Waals surface area contributed by atoms with E-state index in [2.05, 4.69) is 46.4 Å². The third-order valence-electron chi connectivity index (χ3n) is 7.12. The third-order valence-corrected chi connectivity index (χ3v) is 7.12. The minimum atomic E-state index is -0.167. The van der Waals surface area contributed by atoms with Crippen LogP contribution in [-0.4, -0.2) is 11.2 Å². The van der Waals surface area contributed by atoms with Crippen LogP contribution in [0.5, 0.6) is 0 Å². The Balaban J connectivity index is 2.03. The summed E-state index contributed by atoms with van der Waals surface area (Å²) in [6.45, 7) is 13.5. The van der Waals surface area contributed by atoms with E-state index >= 15 is 0 Å². The molecule has 0 bridgehead atoms. The van der Waals surface area contributed by atoms with Crippen molar-refractivity contribution in [1.29, 1.82) is 0 Å². The molecule has 118 valence electrons. The third kappa shape index (κ3) is 2.23. The second-order valence-corrected chi connectivity index (χ2v) is 9.12. The molecule has 3 aliphatic rings. The molecule has 3 rings (SSSR count). The van der Waals surface area contributed by atoms with E-state index < -0.39 is 0 Å². The van der Waals surface area contributed by atoms with Crippen molar-refractivity contribution in [2.75, 3.05) is 0 Å². The molecule has 2 saturated carbocycles. The van der Waals surface area contributed by atoms with Crippen LogP contribution in [0.2, 0.25) is 0 Å². The van der Waals surface area contributed by atoms with Gasteiger partial charge in [0, 0.05) is 5.41 Å². The van der Waals surface area contributed by atoms with Gasteiger partial charge >= 0.3 is 0 Å². The minimum Gasteiger partial charge on any atom is -0.392 e. The molecule has 2 fully saturated rings. The molecule has 0 spiro atoms. The summed E-state index contributed by atoms with van der Waals surface area (Å²) >= 11 is 0. The van der Waals surface area contributed by atoms with Gasteiger partial charge < -0.3 is 5.11 Å². The molecule has 3 aliphatic carbocycles. The number of hydrogen-bond donors (Lipinski definition) is 1. The van der Waals surface area contributed by atoms with Crippen LogP contribution in [0.25, 0.3) is 0 Å². The first kappa shape index (κ1) is 15.3. The molecule has 0 saturated heterocycles. The van der Waals surface area contributed by atoms with E-state index in [1.807, 2.05) is 0 Å². The van der Waals surface area contributed by atoms with Crippen LogP contribution in [0.1, 0.15) is 66.2 Å². The van der Waals surface area contributed by atoms with Gasteiger partial charge in [-0.1, -0.05) is 51.8 Å². The van der Waals surface area contributed by atoms with Crippen LogP contribution in [0.15, 0.2) is 24.3 Å². The van der Waals surface area contributed by atoms with Crippen molar-refractivity contribution >= 4 is 0 Å². The minimum absolute atomic E-state index is 0.138. The highest BCUT2D eigenvalue weighted by Gasteiger charge is 2.57. The molecule has 0 amide bonds. The summed E-state index contributed by atoms with van der Waals surface area (Å²) in [6, 6.07) is 0. The Morgan fingerprint density at radius 2 is 1.90 bits per heavy atom. The average molecular weight is 288 g/mol. The van der Waals surface area contributed by atoms with Crippen LogP contribution in [0, 0.1) is 28.1 Å². The molecule has 1 nitrogen and oxygen atoms in total. The molecule has 1 heteroatoms. The Morgan fingerprint density at radius 3 is 2.57 bits per heavy atom. The maximum absolute atomic E-state index is 10.9. The van der Waals surface area contributed by atoms with Crippen molar-refractivity contribution in [1.82, 2.24) is 0 Å². The fourth-order valence-electron chi connectivity index (χ4n) is 6.19. The highest BCUT2D eigenvalue weighted by molar-refractivity contribution is 5.27. The largest absolute Gasteiger partial charge is 0.392 e. The van der Waals surface area contributed by atoms with Crippen LogP contribution < -0.4 is 0 Å². The molecule has 0 radical (unpaired) electrons. The Bertz CT molecular complexity index is 474. The van der Waals surface area contributed by atoms with Gasteiger partial charge in [-0.15, -0.1) is 6.58 Å². The molecule has 21 heavy (non-hydrogen) atoms. The molecule has 0 aromatic carbocycles. The predicted molar refractivity (Wildman–Crippen MR) is 89.0 cm³/mol. The summed E-state index contributed by atoms with van der Waals surface area (Å²) < 4.78 is 0. The molecule has 3 unspecified atom stereocenters. The van der Waals surface area contributed by atoms with E-state index in [-0.39, 0.29) is 22.3 Å². The first-order valence-corrected chi connectivity index (χ1v) is 8.75. The van der Waals surface area contributed by atoms with E-state index in [4.69, 9.17) is 0 Å². The zero-order valence-electron chi connectivity index (χ0n) is 14.3. The lowest BCUT2D eigenvalue weighted by atomic mass is 9.45. The summed E-state index contributed by atoms with van der Waals surface area (Å²) in [6.07, 6.45) is 11.6. The normalized spacial score (nSPS) is 48.8. The van der Waals surface area contributed by atoms with Crippen LogP contribution in [0.3, 0.4) is 0 Å². The predicted octanol–water partition coefficient (Wildman–Crippen LogP) is 5.11. The summed E-state index contributed by atoms with van der Waals surface area (Å²) in [4.78, 5) is 0. The smallest absolute Gasteiger partial charge is 0.0616 e. The van der Waals surface area contributed by atoms with Crippen LogP contribution >= 0.6 is 0 Å². The van der Waals surface area contributed by atoms with E-state index in [1.54, 1.807) is 0 Å². The maximum Gasteiger partial charge on any atom is 0.0616 e. The van der Waals surface area contributed by atoms with Gasteiger partial charge in [0.15, 0.2) is 0 Å². The Kier molecular flexibility index (Phi) is 3.44. The number of fused-ring (bicyclic) bond motifs is 3. The van der Waals surface area contributed by atoms with Gasteiger partial charge in [-0.2, -0.15) is 0 Å². The summed E-state index contributed by atoms with van der Waals surface area (Å²) in [7, 11) is 0. The lowest BCUT2D eigenvalue weighted by molar-refractivity contribution is -0.124. The molecular weight excluding hydrogens is 256 g/mol. The number of rotatable bonds is 1. The monoisotopic (exact) mass is 288 g/mol. The molecule has 0 aliphatic heterocycles. The topological polar surface area (TPSA) is 20.2 Å². The highest BCUT2D eigenvalue weighted by Crippen LogP contribution is 2.63. The van der Waals surface area contributed by atoms with Gasteiger partial charge in [-0.3, -0.25) is 0 Å². The molecule has 5 atom stereocenters. The standard InChI is InChI=1S/C20H32O/c1-6-19(4)11-8-15-14(13-19)12-16(21)17-18(2,3)9-7-10-20(15,17)5/h6,13,15-17,21H,1,7-12H2,2-5H3/t15?,16?,17?,19-,20+/m0/s1. The van der Waals surface area contributed by atoms with Gasteiger partial charge in [0.25, 0.3) is 0 Å². The van der Waals surface area contributed by atoms with E-state index in [0.29, 0.717) is 11.8 Å². The SMILES string of the molecule is C=C[C@]1(C)C=C2CC(O)C3C(C)(C)CCC[C@]3(C)C2CC1. The van der Waals surface area contributed by atoms with Crippen molar-refractivity contribution in [2.45, 2.75) is 72.3 Å². The average Bonchev–Trinajstić information content (AvgIpc) is 2.36. The second kappa shape index (κ2) is 4.72. The van der Waals surface area contributed by atoms with E-state index in [1.165, 1.54) is 37.7 Å². The molecule has 0 aromatic heterocycles. The van der Waals surface area contributed by atoms with Crippen molar-refractivity contribution in [3.8, 4) is 0 Å². The van der Waals surface area contributed by atoms with Crippen LogP contribution in [-0.2, 0) is 0 Å².